The average molecular weight is 307 g/mol. The number of hydrogen-bond donors (Lipinski definition) is 1. The standard InChI is InChI=1S/C16H21NO3S/c1-9(2)7-13(18)17-15-14(16(19)20-4)11-6-5-10(3)8-12(11)21-15/h7,10H,5-6,8H2,1-4H3,(H,17,18). The Bertz CT molecular complexity index is 597. The number of methoxy groups -OCH3 is 1. The van der Waals surface area contributed by atoms with Crippen LogP contribution in [0.4, 0.5) is 5.00 Å². The van der Waals surface area contributed by atoms with Crippen LogP contribution in [0.1, 0.15) is 48.0 Å². The first-order chi connectivity index (χ1) is 9.92. The minimum Gasteiger partial charge on any atom is -0.465 e. The van der Waals surface area contributed by atoms with Gasteiger partial charge in [0, 0.05) is 11.0 Å². The van der Waals surface area contributed by atoms with Crippen LogP contribution in [-0.2, 0) is 22.4 Å². The van der Waals surface area contributed by atoms with Crippen LogP contribution in [-0.4, -0.2) is 19.0 Å². The molecule has 0 aromatic carbocycles. The second-order valence-electron chi connectivity index (χ2n) is 5.76. The zero-order valence-electron chi connectivity index (χ0n) is 12.9. The van der Waals surface area contributed by atoms with Gasteiger partial charge in [0.2, 0.25) is 5.91 Å². The lowest BCUT2D eigenvalue weighted by molar-refractivity contribution is -0.111. The molecule has 1 heterocycles. The van der Waals surface area contributed by atoms with Gasteiger partial charge >= 0.3 is 5.97 Å². The zero-order chi connectivity index (χ0) is 15.6. The van der Waals surface area contributed by atoms with Crippen molar-refractivity contribution in [3.63, 3.8) is 0 Å². The molecular formula is C16H21NO3S. The number of ether oxygens (including phenoxy) is 1. The third-order valence-corrected chi connectivity index (χ3v) is 4.73. The molecule has 1 N–H and O–H groups in total. The molecule has 114 valence electrons. The number of amides is 1. The number of fused-ring (bicyclic) bond motifs is 1. The van der Waals surface area contributed by atoms with Crippen molar-refractivity contribution in [1.29, 1.82) is 0 Å². The van der Waals surface area contributed by atoms with Gasteiger partial charge in [-0.25, -0.2) is 4.79 Å². The fraction of sp³-hybridized carbons (Fsp3) is 0.500. The number of anilines is 1. The molecule has 0 aliphatic heterocycles. The van der Waals surface area contributed by atoms with Gasteiger partial charge in [-0.05, 0) is 44.6 Å². The maximum atomic E-state index is 12.1. The number of allylic oxidation sites excluding steroid dienone is 1. The lowest BCUT2D eigenvalue weighted by Gasteiger charge is -2.18. The molecule has 0 bridgehead atoms. The molecule has 1 aromatic heterocycles. The monoisotopic (exact) mass is 307 g/mol. The van der Waals surface area contributed by atoms with Crippen molar-refractivity contribution in [2.24, 2.45) is 5.92 Å². The van der Waals surface area contributed by atoms with Gasteiger partial charge in [0.15, 0.2) is 0 Å². The summed E-state index contributed by atoms with van der Waals surface area (Å²) in [6, 6.07) is 0. The maximum absolute atomic E-state index is 12.1. The molecule has 1 aliphatic carbocycles. The number of rotatable bonds is 3. The van der Waals surface area contributed by atoms with Crippen LogP contribution in [0.3, 0.4) is 0 Å². The molecule has 0 fully saturated rings. The second kappa shape index (κ2) is 6.43. The van der Waals surface area contributed by atoms with Crippen molar-refractivity contribution in [2.45, 2.75) is 40.0 Å². The van der Waals surface area contributed by atoms with Crippen molar-refractivity contribution >= 4 is 28.2 Å². The van der Waals surface area contributed by atoms with E-state index in [2.05, 4.69) is 12.2 Å². The first-order valence-electron chi connectivity index (χ1n) is 7.11. The van der Waals surface area contributed by atoms with E-state index < -0.39 is 0 Å². The Labute approximate surface area is 129 Å². The fourth-order valence-electron chi connectivity index (χ4n) is 2.57. The summed E-state index contributed by atoms with van der Waals surface area (Å²) in [5, 5.41) is 3.45. The Morgan fingerprint density at radius 3 is 2.71 bits per heavy atom. The number of nitrogens with one attached hydrogen (secondary N) is 1. The Morgan fingerprint density at radius 2 is 2.10 bits per heavy atom. The molecule has 4 nitrogen and oxygen atoms in total. The number of hydrogen-bond acceptors (Lipinski definition) is 4. The highest BCUT2D eigenvalue weighted by Crippen LogP contribution is 2.40. The van der Waals surface area contributed by atoms with Crippen LogP contribution in [0.2, 0.25) is 0 Å². The normalized spacial score (nSPS) is 16.9. The Hall–Kier alpha value is -1.62. The molecule has 1 aliphatic rings. The SMILES string of the molecule is COC(=O)c1c(NC(=O)C=C(C)C)sc2c1CCC(C)C2. The Morgan fingerprint density at radius 1 is 1.38 bits per heavy atom. The molecule has 1 amide bonds. The lowest BCUT2D eigenvalue weighted by atomic mass is 9.88. The van der Waals surface area contributed by atoms with Gasteiger partial charge in [-0.3, -0.25) is 4.79 Å². The van der Waals surface area contributed by atoms with Gasteiger partial charge in [0.1, 0.15) is 5.00 Å². The first-order valence-corrected chi connectivity index (χ1v) is 7.92. The Kier molecular flexibility index (Phi) is 4.83. The highest BCUT2D eigenvalue weighted by Gasteiger charge is 2.28. The lowest BCUT2D eigenvalue weighted by Crippen LogP contribution is -2.15. The highest BCUT2D eigenvalue weighted by molar-refractivity contribution is 7.17. The Balaban J connectivity index is 2.38. The molecule has 0 radical (unpaired) electrons. The first kappa shape index (κ1) is 15.8. The summed E-state index contributed by atoms with van der Waals surface area (Å²) in [4.78, 5) is 25.2. The quantitative estimate of drug-likeness (QED) is 0.686. The van der Waals surface area contributed by atoms with E-state index in [1.165, 1.54) is 29.4 Å². The summed E-state index contributed by atoms with van der Waals surface area (Å²) < 4.78 is 4.89. The van der Waals surface area contributed by atoms with E-state index >= 15 is 0 Å². The van der Waals surface area contributed by atoms with Crippen molar-refractivity contribution in [3.05, 3.63) is 27.7 Å². The fourth-order valence-corrected chi connectivity index (χ4v) is 3.97. The van der Waals surface area contributed by atoms with E-state index in [4.69, 9.17) is 4.74 Å². The molecule has 0 spiro atoms. The van der Waals surface area contributed by atoms with Crippen LogP contribution >= 0.6 is 11.3 Å². The van der Waals surface area contributed by atoms with Gasteiger partial charge in [0.05, 0.1) is 12.7 Å². The molecule has 5 heteroatoms. The van der Waals surface area contributed by atoms with E-state index in [0.29, 0.717) is 16.5 Å². The number of carbonyl (C=O) groups excluding carboxylic acids is 2. The van der Waals surface area contributed by atoms with E-state index in [1.807, 2.05) is 13.8 Å². The van der Waals surface area contributed by atoms with Crippen LogP contribution in [0.25, 0.3) is 0 Å². The number of carbonyl (C=O) groups is 2. The number of thiophene rings is 1. The summed E-state index contributed by atoms with van der Waals surface area (Å²) in [6.07, 6.45) is 4.43. The molecule has 1 atom stereocenters. The van der Waals surface area contributed by atoms with Crippen LogP contribution in [0.5, 0.6) is 0 Å². The van der Waals surface area contributed by atoms with Crippen molar-refractivity contribution in [1.82, 2.24) is 0 Å². The molecular weight excluding hydrogens is 286 g/mol. The van der Waals surface area contributed by atoms with Gasteiger partial charge < -0.3 is 10.1 Å². The zero-order valence-corrected chi connectivity index (χ0v) is 13.7. The topological polar surface area (TPSA) is 55.4 Å². The van der Waals surface area contributed by atoms with Gasteiger partial charge in [-0.2, -0.15) is 0 Å². The summed E-state index contributed by atoms with van der Waals surface area (Å²) >= 11 is 1.50. The molecule has 1 aromatic rings. The molecule has 2 rings (SSSR count). The van der Waals surface area contributed by atoms with E-state index in [9.17, 15) is 9.59 Å². The average Bonchev–Trinajstić information content (AvgIpc) is 2.73. The summed E-state index contributed by atoms with van der Waals surface area (Å²) in [6.45, 7) is 5.94. The van der Waals surface area contributed by atoms with Gasteiger partial charge in [-0.1, -0.05) is 12.5 Å². The summed E-state index contributed by atoms with van der Waals surface area (Å²) in [5.74, 6) is 0.0457. The molecule has 21 heavy (non-hydrogen) atoms. The van der Waals surface area contributed by atoms with Crippen LogP contribution < -0.4 is 5.32 Å². The molecule has 1 unspecified atom stereocenters. The van der Waals surface area contributed by atoms with E-state index in [1.54, 1.807) is 0 Å². The van der Waals surface area contributed by atoms with Gasteiger partial charge in [0.25, 0.3) is 0 Å². The molecule has 0 saturated carbocycles. The third kappa shape index (κ3) is 3.53. The predicted octanol–water partition coefficient (Wildman–Crippen LogP) is 3.56. The minimum atomic E-state index is -0.366. The maximum Gasteiger partial charge on any atom is 0.341 e. The van der Waals surface area contributed by atoms with Crippen molar-refractivity contribution in [3.8, 4) is 0 Å². The van der Waals surface area contributed by atoms with Crippen molar-refractivity contribution in [2.75, 3.05) is 12.4 Å². The summed E-state index contributed by atoms with van der Waals surface area (Å²) in [5.41, 5.74) is 2.51. The van der Waals surface area contributed by atoms with Crippen LogP contribution in [0, 0.1) is 5.92 Å². The van der Waals surface area contributed by atoms with E-state index in [0.717, 1.165) is 30.4 Å². The van der Waals surface area contributed by atoms with E-state index in [-0.39, 0.29) is 11.9 Å². The largest absolute Gasteiger partial charge is 0.465 e. The second-order valence-corrected chi connectivity index (χ2v) is 6.86. The third-order valence-electron chi connectivity index (χ3n) is 3.56. The minimum absolute atomic E-state index is 0.202. The number of esters is 1. The van der Waals surface area contributed by atoms with Crippen LogP contribution in [0.15, 0.2) is 11.6 Å². The molecule has 0 saturated heterocycles. The highest BCUT2D eigenvalue weighted by atomic mass is 32.1. The smallest absolute Gasteiger partial charge is 0.341 e. The summed E-state index contributed by atoms with van der Waals surface area (Å²) in [7, 11) is 1.37. The predicted molar refractivity (Wildman–Crippen MR) is 84.9 cm³/mol. The van der Waals surface area contributed by atoms with Gasteiger partial charge in [-0.15, -0.1) is 11.3 Å². The van der Waals surface area contributed by atoms with Crippen molar-refractivity contribution < 1.29 is 14.3 Å².